The highest BCUT2D eigenvalue weighted by Crippen LogP contribution is 2.62. The van der Waals surface area contributed by atoms with Crippen molar-refractivity contribution in [2.75, 3.05) is 19.1 Å². The number of hydrogen-bond donors (Lipinski definition) is 2. The summed E-state index contributed by atoms with van der Waals surface area (Å²) in [7, 11) is -8.17. The van der Waals surface area contributed by atoms with Gasteiger partial charge >= 0.3 is 28.2 Å². The van der Waals surface area contributed by atoms with E-state index in [1.165, 1.54) is 32.0 Å². The number of carbonyl (C=O) groups excluding carboxylic acids is 1. The molecular formula is C40H35ClF10N7O5S2+. The summed E-state index contributed by atoms with van der Waals surface area (Å²) in [5.41, 5.74) is -0.640. The van der Waals surface area contributed by atoms with Crippen molar-refractivity contribution >= 4 is 66.5 Å². The number of nitrogens with one attached hydrogen (secondary N) is 1. The quantitative estimate of drug-likeness (QED) is 0.0703. The van der Waals surface area contributed by atoms with Crippen LogP contribution in [-0.4, -0.2) is 96.0 Å². The predicted octanol–water partition coefficient (Wildman–Crippen LogP) is 6.97. The Kier molecular flexibility index (Phi) is 12.6. The van der Waals surface area contributed by atoms with Crippen molar-refractivity contribution in [1.82, 2.24) is 20.1 Å². The molecule has 0 aliphatic heterocycles. The normalized spacial score (nSPS) is 19.4. The van der Waals surface area contributed by atoms with Gasteiger partial charge in [-0.25, -0.2) is 22.2 Å². The fraction of sp³-hybridized carbons (Fsp3) is 0.375. The summed E-state index contributed by atoms with van der Waals surface area (Å²) in [6.45, 7) is 2.82. The molecule has 12 nitrogen and oxygen atoms in total. The minimum absolute atomic E-state index is 0.196. The molecule has 2 aliphatic carbocycles. The van der Waals surface area contributed by atoms with Crippen LogP contribution in [0.5, 0.6) is 0 Å². The van der Waals surface area contributed by atoms with Crippen LogP contribution in [0.25, 0.3) is 22.0 Å². The standard InChI is InChI=1S/C40H34ClF10N7O5S2/c1-37(2,64(4,60)61)11-10-22-6-7-23(24-8-9-27(41)31-33(24)58(18-38(44,45)46)56-36(31)57(3)65(5,62)63)32(54-22)28(14-19-12-20(42)15-21(43)13-19)55-29(59)17-53-35-30(34(52)40(49,50)51)25-16-26(25)39(35,47)48/h6-9,12-13,15,25-26,28H,3,14,16-18H2,1-2,4-5H3,(H2-,52,53,55,59)/p+1/t25-,26+,28-/m0/s1. The molecule has 0 radical (unpaired) electrons. The molecular weight excluding hydrogens is 948 g/mol. The van der Waals surface area contributed by atoms with Gasteiger partial charge in [0.1, 0.15) is 50.9 Å². The molecule has 2 saturated carbocycles. The fourth-order valence-corrected chi connectivity index (χ4v) is 8.04. The molecule has 3 atom stereocenters. The van der Waals surface area contributed by atoms with Crippen molar-refractivity contribution in [1.29, 1.82) is 0 Å². The number of hydrogen-bond acceptors (Lipinski definition) is 9. The van der Waals surface area contributed by atoms with Gasteiger partial charge in [-0.15, -0.1) is 3.98 Å². The maximum atomic E-state index is 15.3. The van der Waals surface area contributed by atoms with Crippen LogP contribution in [0.15, 0.2) is 58.7 Å². The molecule has 0 unspecified atom stereocenters. The third kappa shape index (κ3) is 10.2. The van der Waals surface area contributed by atoms with E-state index in [2.05, 4.69) is 39.0 Å². The van der Waals surface area contributed by atoms with Crippen LogP contribution in [0.2, 0.25) is 5.02 Å². The number of alkyl halides is 8. The van der Waals surface area contributed by atoms with Gasteiger partial charge in [0, 0.05) is 34.9 Å². The van der Waals surface area contributed by atoms with Crippen molar-refractivity contribution in [2.24, 2.45) is 22.6 Å². The molecule has 0 bridgehead atoms. The number of amides is 1. The van der Waals surface area contributed by atoms with Crippen LogP contribution in [0.4, 0.5) is 49.7 Å². The Balaban J connectivity index is 1.61. The lowest BCUT2D eigenvalue weighted by Crippen LogP contribution is -2.35. The summed E-state index contributed by atoms with van der Waals surface area (Å²) in [6.07, 6.45) is -9.61. The van der Waals surface area contributed by atoms with E-state index in [4.69, 9.17) is 17.3 Å². The molecule has 2 aromatic heterocycles. The van der Waals surface area contributed by atoms with E-state index in [0.717, 1.165) is 24.5 Å². The molecule has 2 heterocycles. The zero-order valence-corrected chi connectivity index (χ0v) is 36.5. The lowest BCUT2D eigenvalue weighted by atomic mass is 9.93. The van der Waals surface area contributed by atoms with Gasteiger partial charge in [0.2, 0.25) is 5.91 Å². The Bertz CT molecular complexity index is 3010. The lowest BCUT2D eigenvalue weighted by molar-refractivity contribution is -0.252. The zero-order chi connectivity index (χ0) is 48.6. The number of benzene rings is 2. The number of aromatic nitrogens is 3. The number of sulfone groups is 1. The summed E-state index contributed by atoms with van der Waals surface area (Å²) < 4.78 is 193. The molecule has 1 amide bonds. The van der Waals surface area contributed by atoms with Crippen molar-refractivity contribution in [3.8, 4) is 23.0 Å². The Hall–Kier alpha value is -5.54. The van der Waals surface area contributed by atoms with Crippen molar-refractivity contribution in [3.05, 3.63) is 87.3 Å². The molecule has 0 saturated heterocycles. The SMILES string of the molecule is C=[N+](c1nn(CC(F)(F)F)c2c(-c3ccc(C#CC(C)(C)S(C)(=O)=O)nc3[C@H](Cc3cc(F)cc(F)c3)NC(=O)CN=C3C(=C(N)C(F)(F)F)[C@H]4C[C@H]4C3(F)F)ccc(Cl)c12)S(C)(=O)=O. The molecule has 2 aromatic carbocycles. The highest BCUT2D eigenvalue weighted by molar-refractivity contribution is 7.92. The Morgan fingerprint density at radius 2 is 1.66 bits per heavy atom. The van der Waals surface area contributed by atoms with E-state index in [0.29, 0.717) is 21.0 Å². The number of sulfonamides is 1. The lowest BCUT2D eigenvalue weighted by Gasteiger charge is -2.23. The first-order valence-electron chi connectivity index (χ1n) is 18.8. The number of halogens is 11. The van der Waals surface area contributed by atoms with Crippen LogP contribution in [0.3, 0.4) is 0 Å². The highest BCUT2D eigenvalue weighted by atomic mass is 35.5. The van der Waals surface area contributed by atoms with Gasteiger partial charge in [0.05, 0.1) is 34.8 Å². The van der Waals surface area contributed by atoms with Crippen LogP contribution >= 0.6 is 11.6 Å². The Morgan fingerprint density at radius 3 is 2.23 bits per heavy atom. The molecule has 0 spiro atoms. The second kappa shape index (κ2) is 16.7. The third-order valence-electron chi connectivity index (χ3n) is 10.6. The summed E-state index contributed by atoms with van der Waals surface area (Å²) in [6, 6.07) is 5.21. The highest BCUT2D eigenvalue weighted by Gasteiger charge is 2.68. The monoisotopic (exact) mass is 982 g/mol. The number of allylic oxidation sites excluding steroid dienone is 2. The molecule has 65 heavy (non-hydrogen) atoms. The Morgan fingerprint density at radius 1 is 1.05 bits per heavy atom. The van der Waals surface area contributed by atoms with Gasteiger partial charge in [-0.1, -0.05) is 23.6 Å². The molecule has 2 fully saturated rings. The first-order chi connectivity index (χ1) is 29.7. The number of fused-ring (bicyclic) bond motifs is 2. The fourth-order valence-electron chi connectivity index (χ4n) is 7.13. The number of rotatable bonds is 11. The van der Waals surface area contributed by atoms with E-state index >= 15 is 8.78 Å². The summed E-state index contributed by atoms with van der Waals surface area (Å²) in [5, 5.41) is 5.63. The van der Waals surface area contributed by atoms with E-state index < -0.39 is 126 Å². The van der Waals surface area contributed by atoms with Gasteiger partial charge in [-0.3, -0.25) is 9.79 Å². The maximum absolute atomic E-state index is 15.3. The van der Waals surface area contributed by atoms with E-state index in [1.807, 2.05) is 0 Å². The maximum Gasteiger partial charge on any atom is 0.431 e. The van der Waals surface area contributed by atoms with E-state index in [-0.39, 0.29) is 44.9 Å². The van der Waals surface area contributed by atoms with Crippen molar-refractivity contribution < 1.29 is 69.5 Å². The smallest absolute Gasteiger partial charge is 0.394 e. The largest absolute Gasteiger partial charge is 0.431 e. The van der Waals surface area contributed by atoms with Crippen LogP contribution in [-0.2, 0) is 37.6 Å². The number of aliphatic imine (C=N–C) groups is 1. The summed E-state index contributed by atoms with van der Waals surface area (Å²) >= 11 is 6.50. The van der Waals surface area contributed by atoms with Gasteiger partial charge in [-0.2, -0.15) is 48.2 Å². The van der Waals surface area contributed by atoms with Gasteiger partial charge < -0.3 is 11.1 Å². The molecule has 348 valence electrons. The average Bonchev–Trinajstić information content (AvgIpc) is 3.83. The van der Waals surface area contributed by atoms with Crippen molar-refractivity contribution in [3.63, 3.8) is 0 Å². The molecule has 6 rings (SSSR count). The first kappa shape index (κ1) is 48.9. The number of carbonyl (C=O) groups is 1. The van der Waals surface area contributed by atoms with Crippen LogP contribution in [0.1, 0.15) is 43.3 Å². The van der Waals surface area contributed by atoms with E-state index in [1.54, 1.807) is 0 Å². The molecule has 4 aromatic rings. The Labute approximate surface area is 369 Å². The van der Waals surface area contributed by atoms with E-state index in [9.17, 15) is 56.8 Å². The second-order valence-corrected chi connectivity index (χ2v) is 20.7. The molecule has 3 N–H and O–H groups in total. The summed E-state index contributed by atoms with van der Waals surface area (Å²) in [4.78, 5) is 21.9. The second-order valence-electron chi connectivity index (χ2n) is 15.9. The summed E-state index contributed by atoms with van der Waals surface area (Å²) in [5.74, 6) is -5.81. The number of nitrogens with zero attached hydrogens (tertiary/aromatic N) is 5. The number of pyridine rings is 1. The van der Waals surface area contributed by atoms with Crippen LogP contribution < -0.4 is 11.1 Å². The number of nitrogens with two attached hydrogens (primary N) is 1. The van der Waals surface area contributed by atoms with Gasteiger partial charge in [0.15, 0.2) is 16.4 Å². The van der Waals surface area contributed by atoms with Gasteiger partial charge in [-0.05, 0) is 74.4 Å². The molecule has 2 aliphatic rings. The van der Waals surface area contributed by atoms with Crippen molar-refractivity contribution in [2.45, 2.75) is 62.3 Å². The minimum Gasteiger partial charge on any atom is -0.394 e. The predicted molar refractivity (Wildman–Crippen MR) is 219 cm³/mol. The first-order valence-corrected chi connectivity index (χ1v) is 22.9. The molecule has 25 heteroatoms. The van der Waals surface area contributed by atoms with Crippen LogP contribution in [0, 0.1) is 35.3 Å². The topological polar surface area (TPSA) is 169 Å². The zero-order valence-electron chi connectivity index (χ0n) is 34.1. The third-order valence-corrected chi connectivity index (χ3v) is 13.9. The van der Waals surface area contributed by atoms with Gasteiger partial charge in [0.25, 0.3) is 5.92 Å². The minimum atomic E-state index is -5.23. The average molecular weight is 983 g/mol.